The lowest BCUT2D eigenvalue weighted by atomic mass is 9.97. The van der Waals surface area contributed by atoms with Gasteiger partial charge in [0.1, 0.15) is 105 Å². The fourth-order valence-electron chi connectivity index (χ4n) is 9.86. The number of hydrogen-bond donors (Lipinski definition) is 17. The average molecular weight is 1450 g/mol. The predicted molar refractivity (Wildman–Crippen MR) is 337 cm³/mol. The van der Waals surface area contributed by atoms with Crippen molar-refractivity contribution >= 4 is 47.3 Å². The normalized spacial score (nSPS) is 25.8. The van der Waals surface area contributed by atoms with Crippen molar-refractivity contribution in [2.24, 2.45) is 0 Å². The summed E-state index contributed by atoms with van der Waals surface area (Å²) in [6.07, 6.45) is -14.4. The number of ether oxygens (including phenoxy) is 15. The van der Waals surface area contributed by atoms with Crippen LogP contribution in [0, 0.1) is 0 Å². The highest BCUT2D eigenvalue weighted by atomic mass is 16.7. The number of aliphatic carboxylic acids is 1. The third kappa shape index (κ3) is 36.3. The van der Waals surface area contributed by atoms with Gasteiger partial charge >= 0.3 is 5.97 Å². The van der Waals surface area contributed by atoms with E-state index < -0.39 is 178 Å². The molecule has 100 heavy (non-hydrogen) atoms. The van der Waals surface area contributed by atoms with Gasteiger partial charge in [-0.1, -0.05) is 0 Å². The Morgan fingerprint density at radius 1 is 0.360 bits per heavy atom. The van der Waals surface area contributed by atoms with E-state index in [-0.39, 0.29) is 171 Å². The molecule has 3 aliphatic rings. The molecule has 0 saturated carbocycles. The maximum Gasteiger partial charge on any atom is 0.326 e. The fourth-order valence-corrected chi connectivity index (χ4v) is 9.86. The van der Waals surface area contributed by atoms with Gasteiger partial charge in [-0.05, 0) is 38.5 Å². The zero-order valence-electron chi connectivity index (χ0n) is 56.8. The van der Waals surface area contributed by atoms with Crippen LogP contribution < -0.4 is 37.2 Å². The molecular formula is C60H107N7O33. The van der Waals surface area contributed by atoms with Crippen LogP contribution in [0.3, 0.4) is 0 Å². The van der Waals surface area contributed by atoms with Crippen LogP contribution in [0.1, 0.15) is 59.3 Å². The Kier molecular flexibility index (Phi) is 46.9. The maximum atomic E-state index is 13.6. The average Bonchev–Trinajstić information content (AvgIpc) is 0.824. The van der Waals surface area contributed by atoms with Gasteiger partial charge in [0.05, 0.1) is 139 Å². The lowest BCUT2D eigenvalue weighted by molar-refractivity contribution is -0.272. The molecule has 580 valence electrons. The van der Waals surface area contributed by atoms with Gasteiger partial charge in [0.25, 0.3) is 0 Å². The molecule has 40 nitrogen and oxygen atoms in total. The first-order chi connectivity index (χ1) is 48.0. The molecular weight excluding hydrogens is 1350 g/mol. The van der Waals surface area contributed by atoms with E-state index in [2.05, 4.69) is 37.2 Å². The summed E-state index contributed by atoms with van der Waals surface area (Å²) < 4.78 is 82.2. The lowest BCUT2D eigenvalue weighted by Gasteiger charge is -2.42. The topological polar surface area (TPSA) is 562 Å². The zero-order valence-corrected chi connectivity index (χ0v) is 56.8. The summed E-state index contributed by atoms with van der Waals surface area (Å²) >= 11 is 0. The minimum atomic E-state index is -1.47. The Hall–Kier alpha value is -5.20. The van der Waals surface area contributed by atoms with Gasteiger partial charge < -0.3 is 159 Å². The number of amides is 7. The Balaban J connectivity index is 1.34. The largest absolute Gasteiger partial charge is 0.480 e. The molecule has 0 bridgehead atoms. The Morgan fingerprint density at radius 2 is 0.640 bits per heavy atom. The van der Waals surface area contributed by atoms with Crippen molar-refractivity contribution in [3.63, 3.8) is 0 Å². The molecule has 0 aromatic carbocycles. The first-order valence-electron chi connectivity index (χ1n) is 33.1. The Bertz CT molecular complexity index is 2310. The van der Waals surface area contributed by atoms with Crippen LogP contribution in [-0.2, 0) is 109 Å². The molecule has 0 radical (unpaired) electrons. The predicted octanol–water partition coefficient (Wildman–Crippen LogP) is -9.36. The van der Waals surface area contributed by atoms with E-state index >= 15 is 0 Å². The van der Waals surface area contributed by atoms with E-state index in [9.17, 15) is 89.4 Å². The van der Waals surface area contributed by atoms with Gasteiger partial charge in [-0.15, -0.1) is 0 Å². The Labute approximate surface area is 578 Å². The number of carboxylic acid groups (broad SMARTS) is 1. The van der Waals surface area contributed by atoms with Crippen LogP contribution >= 0.6 is 0 Å². The summed E-state index contributed by atoms with van der Waals surface area (Å²) in [6.45, 7) is 2.54. The number of carbonyl (C=O) groups is 8. The smallest absolute Gasteiger partial charge is 0.326 e. The molecule has 0 aliphatic carbocycles. The van der Waals surface area contributed by atoms with Gasteiger partial charge in [0, 0.05) is 33.9 Å². The van der Waals surface area contributed by atoms with E-state index in [1.54, 1.807) is 0 Å². The van der Waals surface area contributed by atoms with Gasteiger partial charge in [-0.3, -0.25) is 33.6 Å². The van der Waals surface area contributed by atoms with Gasteiger partial charge in [0.15, 0.2) is 18.9 Å². The Morgan fingerprint density at radius 3 is 0.930 bits per heavy atom. The number of unbranched alkanes of at least 4 members (excludes halogenated alkanes) is 2. The third-order valence-electron chi connectivity index (χ3n) is 15.0. The number of nitrogens with one attached hydrogen (secondary N) is 7. The SMILES string of the molecule is CC(=O)N[C@H]1[C@H](OCCOCCOCCOCC(=O)NCCCCC(NC(=O)C(CCCCNC(=O)COCCOCCOCCO[C@@H]2O[C@H](CO)[C@H](O)[C@H](O)[C@H]2NC(C)=O)NC(=O)COCCOCCOCCO[C@@H]2O[C@H](CO)[C@H](O)C(O)[C@H]2NC(C)=O)C(=O)O)O[C@H](CO)[C@H](O)[C@@H]1O. The van der Waals surface area contributed by atoms with Gasteiger partial charge in [0.2, 0.25) is 41.4 Å². The molecule has 7 amide bonds. The molecule has 3 fully saturated rings. The maximum absolute atomic E-state index is 13.6. The van der Waals surface area contributed by atoms with Crippen LogP contribution in [0.25, 0.3) is 0 Å². The fraction of sp³-hybridized carbons (Fsp3) is 0.867. The van der Waals surface area contributed by atoms with Crippen LogP contribution in [0.15, 0.2) is 0 Å². The molecule has 17 N–H and O–H groups in total. The van der Waals surface area contributed by atoms with Crippen LogP contribution in [-0.4, -0.2) is 374 Å². The molecule has 0 spiro atoms. The number of hydrogen-bond acceptors (Lipinski definition) is 32. The van der Waals surface area contributed by atoms with E-state index in [1.807, 2.05) is 0 Å². The highest BCUT2D eigenvalue weighted by Gasteiger charge is 2.48. The number of carboxylic acids is 1. The summed E-state index contributed by atoms with van der Waals surface area (Å²) in [5.74, 6) is -5.18. The summed E-state index contributed by atoms with van der Waals surface area (Å²) in [5, 5.41) is 118. The zero-order chi connectivity index (χ0) is 73.6. The second kappa shape index (κ2) is 52.7. The van der Waals surface area contributed by atoms with Crippen molar-refractivity contribution < 1.29 is 160 Å². The second-order valence-corrected chi connectivity index (χ2v) is 23.0. The summed E-state index contributed by atoms with van der Waals surface area (Å²) in [7, 11) is 0. The van der Waals surface area contributed by atoms with Gasteiger partial charge in [-0.25, -0.2) is 4.79 Å². The van der Waals surface area contributed by atoms with Crippen molar-refractivity contribution in [1.82, 2.24) is 37.2 Å². The highest BCUT2D eigenvalue weighted by Crippen LogP contribution is 2.25. The third-order valence-corrected chi connectivity index (χ3v) is 15.0. The van der Waals surface area contributed by atoms with E-state index in [0.717, 1.165) is 0 Å². The van der Waals surface area contributed by atoms with Crippen molar-refractivity contribution in [3.05, 3.63) is 0 Å². The van der Waals surface area contributed by atoms with Crippen LogP contribution in [0.5, 0.6) is 0 Å². The van der Waals surface area contributed by atoms with E-state index in [4.69, 9.17) is 71.1 Å². The molecule has 17 atom stereocenters. The first kappa shape index (κ1) is 89.0. The molecule has 3 rings (SSSR count). The molecule has 40 heteroatoms. The molecule has 0 aromatic rings. The minimum Gasteiger partial charge on any atom is -0.480 e. The van der Waals surface area contributed by atoms with Crippen molar-refractivity contribution in [1.29, 1.82) is 0 Å². The quantitative estimate of drug-likeness (QED) is 0.0252. The molecule has 3 heterocycles. The van der Waals surface area contributed by atoms with Gasteiger partial charge in [-0.2, -0.15) is 0 Å². The van der Waals surface area contributed by atoms with E-state index in [1.165, 1.54) is 20.8 Å². The number of aliphatic hydroxyl groups excluding tert-OH is 9. The second-order valence-electron chi connectivity index (χ2n) is 23.0. The summed E-state index contributed by atoms with van der Waals surface area (Å²) in [4.78, 5) is 98.8. The van der Waals surface area contributed by atoms with Crippen LogP contribution in [0.4, 0.5) is 0 Å². The monoisotopic (exact) mass is 1450 g/mol. The van der Waals surface area contributed by atoms with Crippen LogP contribution in [0.2, 0.25) is 0 Å². The molecule has 0 aromatic heterocycles. The lowest BCUT2D eigenvalue weighted by Crippen LogP contribution is -2.64. The molecule has 3 unspecified atom stereocenters. The first-order valence-corrected chi connectivity index (χ1v) is 33.1. The molecule has 3 saturated heterocycles. The van der Waals surface area contributed by atoms with E-state index in [0.29, 0.717) is 12.8 Å². The summed E-state index contributed by atoms with van der Waals surface area (Å²) in [6, 6.07) is -5.87. The molecule has 3 aliphatic heterocycles. The van der Waals surface area contributed by atoms with Crippen molar-refractivity contribution in [2.45, 2.75) is 163 Å². The van der Waals surface area contributed by atoms with Crippen molar-refractivity contribution in [3.8, 4) is 0 Å². The number of rotatable bonds is 56. The summed E-state index contributed by atoms with van der Waals surface area (Å²) in [5.41, 5.74) is 0. The standard InChI is InChI=1S/C60H107N7O33/c1-36(71)63-47-53(80)50(77)41(30-68)98-58(47)95-27-24-89-15-12-86-18-21-92-33-44(74)61-10-6-4-8-39(66-46(76)35-94-23-20-88-14-17-91-26-29-97-60-49(65-38(3)73)55(82)52(79)43(32-70)100-60)56(83)67-40(57(84)85)9-5-7-11-62-45(75)34-93-22-19-87-13-16-90-25-28-96-59-48(64-37(2)72)54(81)51(78)42(31-69)99-59/h39-43,47-55,58-60,68-70,77-82H,4-35H2,1-3H3,(H,61,74)(H,62,75)(H,63,71)(H,64,72)(H,65,73)(H,66,76)(H,67,83)(H,84,85)/t39?,40?,41-,42-,43-,47-,48-,49-,50+,51+,52+,53-,54-,55?,58-,59-,60-/m1/s1. The number of carbonyl (C=O) groups excluding carboxylic acids is 7. The highest BCUT2D eigenvalue weighted by molar-refractivity contribution is 5.90. The van der Waals surface area contributed by atoms with Crippen molar-refractivity contribution in [2.75, 3.05) is 172 Å². The number of aliphatic hydroxyl groups is 9. The minimum absolute atomic E-state index is 0.0161.